The molecule has 0 radical (unpaired) electrons. The van der Waals surface area contributed by atoms with Crippen molar-refractivity contribution in [1.29, 1.82) is 0 Å². The smallest absolute Gasteiger partial charge is 0.227 e. The number of fused-ring (bicyclic) bond motifs is 3. The van der Waals surface area contributed by atoms with Crippen LogP contribution >= 0.6 is 0 Å². The van der Waals surface area contributed by atoms with Crippen LogP contribution in [-0.4, -0.2) is 18.0 Å². The number of ether oxygens (including phenoxy) is 1. The number of aryl methyl sites for hydroxylation is 1. The zero-order valence-electron chi connectivity index (χ0n) is 13.6. The van der Waals surface area contributed by atoms with Crippen molar-refractivity contribution in [3.8, 4) is 5.75 Å². The van der Waals surface area contributed by atoms with Gasteiger partial charge in [0.15, 0.2) is 0 Å². The number of anilines is 1. The normalized spacial score (nSPS) is 16.6. The van der Waals surface area contributed by atoms with Crippen LogP contribution in [0.3, 0.4) is 0 Å². The number of H-pyrrole nitrogens is 1. The summed E-state index contributed by atoms with van der Waals surface area (Å²) >= 11 is 0. The standard InChI is InChI=1S/C20H20N2O2/c1-24-15-6-4-5-14(12-15)21-20(23)13-9-10-19-17(11-13)16-7-2-3-8-18(16)22-19/h2-8,12-13,22H,9-11H2,1H3,(H,21,23). The summed E-state index contributed by atoms with van der Waals surface area (Å²) in [6.45, 7) is 0. The molecule has 1 aliphatic rings. The largest absolute Gasteiger partial charge is 0.497 e. The van der Waals surface area contributed by atoms with Crippen LogP contribution in [0.15, 0.2) is 48.5 Å². The number of nitrogens with one attached hydrogen (secondary N) is 2. The fourth-order valence-corrected chi connectivity index (χ4v) is 3.54. The molecule has 0 saturated heterocycles. The Hall–Kier alpha value is -2.75. The van der Waals surface area contributed by atoms with Gasteiger partial charge >= 0.3 is 0 Å². The van der Waals surface area contributed by atoms with Gasteiger partial charge in [-0.05, 0) is 43.0 Å². The molecule has 1 atom stereocenters. The van der Waals surface area contributed by atoms with Crippen molar-refractivity contribution < 1.29 is 9.53 Å². The van der Waals surface area contributed by atoms with E-state index in [1.807, 2.05) is 30.3 Å². The summed E-state index contributed by atoms with van der Waals surface area (Å²) in [7, 11) is 1.63. The number of aromatic nitrogens is 1. The fourth-order valence-electron chi connectivity index (χ4n) is 3.54. The van der Waals surface area contributed by atoms with E-state index in [2.05, 4.69) is 28.5 Å². The minimum Gasteiger partial charge on any atom is -0.497 e. The predicted octanol–water partition coefficient (Wildman–Crippen LogP) is 3.92. The molecule has 3 aromatic rings. The van der Waals surface area contributed by atoms with Gasteiger partial charge in [-0.1, -0.05) is 24.3 Å². The summed E-state index contributed by atoms with van der Waals surface area (Å²) in [5, 5.41) is 4.27. The van der Waals surface area contributed by atoms with Crippen LogP contribution in [0, 0.1) is 5.92 Å². The van der Waals surface area contributed by atoms with Crippen molar-refractivity contribution in [1.82, 2.24) is 4.98 Å². The van der Waals surface area contributed by atoms with Crippen LogP contribution in [0.25, 0.3) is 10.9 Å². The Balaban J connectivity index is 1.54. The molecule has 0 spiro atoms. The van der Waals surface area contributed by atoms with E-state index < -0.39 is 0 Å². The van der Waals surface area contributed by atoms with Gasteiger partial charge in [-0.25, -0.2) is 0 Å². The van der Waals surface area contributed by atoms with Gasteiger partial charge in [0.1, 0.15) is 5.75 Å². The lowest BCUT2D eigenvalue weighted by molar-refractivity contribution is -0.120. The molecule has 1 heterocycles. The minimum absolute atomic E-state index is 0.00269. The highest BCUT2D eigenvalue weighted by Crippen LogP contribution is 2.32. The van der Waals surface area contributed by atoms with E-state index in [-0.39, 0.29) is 11.8 Å². The predicted molar refractivity (Wildman–Crippen MR) is 95.4 cm³/mol. The minimum atomic E-state index is 0.00269. The van der Waals surface area contributed by atoms with E-state index in [1.165, 1.54) is 16.6 Å². The highest BCUT2D eigenvalue weighted by Gasteiger charge is 2.27. The Morgan fingerprint density at radius 2 is 2.08 bits per heavy atom. The number of rotatable bonds is 3. The number of aromatic amines is 1. The molecule has 24 heavy (non-hydrogen) atoms. The van der Waals surface area contributed by atoms with Crippen LogP contribution in [0.5, 0.6) is 5.75 Å². The maximum Gasteiger partial charge on any atom is 0.227 e. The van der Waals surface area contributed by atoms with Crippen LogP contribution in [0.1, 0.15) is 17.7 Å². The summed E-state index contributed by atoms with van der Waals surface area (Å²) in [6.07, 6.45) is 2.57. The van der Waals surface area contributed by atoms with Crippen LogP contribution < -0.4 is 10.1 Å². The van der Waals surface area contributed by atoms with Gasteiger partial charge in [-0.3, -0.25) is 4.79 Å². The van der Waals surface area contributed by atoms with E-state index >= 15 is 0 Å². The molecule has 1 unspecified atom stereocenters. The number of methoxy groups -OCH3 is 1. The topological polar surface area (TPSA) is 54.1 Å². The summed E-state index contributed by atoms with van der Waals surface area (Å²) in [5.74, 6) is 0.831. The number of amides is 1. The lowest BCUT2D eigenvalue weighted by Gasteiger charge is -2.22. The second-order valence-corrected chi connectivity index (χ2v) is 6.29. The summed E-state index contributed by atoms with van der Waals surface area (Å²) in [4.78, 5) is 16.2. The zero-order chi connectivity index (χ0) is 16.5. The molecule has 4 heteroatoms. The van der Waals surface area contributed by atoms with Crippen LogP contribution in [0.2, 0.25) is 0 Å². The fraction of sp³-hybridized carbons (Fsp3) is 0.250. The van der Waals surface area contributed by atoms with E-state index in [9.17, 15) is 4.79 Å². The van der Waals surface area contributed by atoms with Crippen molar-refractivity contribution >= 4 is 22.5 Å². The van der Waals surface area contributed by atoms with E-state index in [4.69, 9.17) is 4.74 Å². The summed E-state index contributed by atoms with van der Waals surface area (Å²) < 4.78 is 5.21. The highest BCUT2D eigenvalue weighted by molar-refractivity contribution is 5.94. The SMILES string of the molecule is COc1cccc(NC(=O)C2CCc3[nH]c4ccccc4c3C2)c1. The Morgan fingerprint density at radius 1 is 1.21 bits per heavy atom. The van der Waals surface area contributed by atoms with Crippen molar-refractivity contribution in [3.63, 3.8) is 0 Å². The molecule has 2 N–H and O–H groups in total. The third-order valence-corrected chi connectivity index (χ3v) is 4.80. The number of para-hydroxylation sites is 1. The van der Waals surface area contributed by atoms with Gasteiger partial charge in [0.25, 0.3) is 0 Å². The first-order valence-electron chi connectivity index (χ1n) is 8.28. The first-order valence-corrected chi connectivity index (χ1v) is 8.28. The number of carbonyl (C=O) groups excluding carboxylic acids is 1. The number of hydrogen-bond acceptors (Lipinski definition) is 2. The zero-order valence-corrected chi connectivity index (χ0v) is 13.6. The van der Waals surface area contributed by atoms with E-state index in [0.29, 0.717) is 0 Å². The molecule has 0 bridgehead atoms. The third kappa shape index (κ3) is 2.64. The molecule has 0 saturated carbocycles. The quantitative estimate of drug-likeness (QED) is 0.768. The molecule has 2 aromatic carbocycles. The lowest BCUT2D eigenvalue weighted by Crippen LogP contribution is -2.28. The van der Waals surface area contributed by atoms with Crippen molar-refractivity contribution in [2.75, 3.05) is 12.4 Å². The van der Waals surface area contributed by atoms with Crippen LogP contribution in [-0.2, 0) is 17.6 Å². The number of hydrogen-bond donors (Lipinski definition) is 2. The number of benzene rings is 2. The van der Waals surface area contributed by atoms with Gasteiger partial charge in [0.05, 0.1) is 7.11 Å². The van der Waals surface area contributed by atoms with Crippen molar-refractivity contribution in [3.05, 3.63) is 59.8 Å². The highest BCUT2D eigenvalue weighted by atomic mass is 16.5. The molecular formula is C20H20N2O2. The molecule has 0 aliphatic heterocycles. The second kappa shape index (κ2) is 6.04. The Labute approximate surface area is 140 Å². The molecular weight excluding hydrogens is 300 g/mol. The lowest BCUT2D eigenvalue weighted by atomic mass is 9.86. The second-order valence-electron chi connectivity index (χ2n) is 6.29. The molecule has 4 nitrogen and oxygen atoms in total. The van der Waals surface area contributed by atoms with Gasteiger partial charge < -0.3 is 15.0 Å². The monoisotopic (exact) mass is 320 g/mol. The first kappa shape index (κ1) is 14.8. The van der Waals surface area contributed by atoms with Gasteiger partial charge in [-0.15, -0.1) is 0 Å². The third-order valence-electron chi connectivity index (χ3n) is 4.80. The first-order chi connectivity index (χ1) is 11.7. The average molecular weight is 320 g/mol. The summed E-state index contributed by atoms with van der Waals surface area (Å²) in [6, 6.07) is 15.8. The Morgan fingerprint density at radius 3 is 2.96 bits per heavy atom. The molecule has 1 amide bonds. The summed E-state index contributed by atoms with van der Waals surface area (Å²) in [5.41, 5.74) is 4.52. The molecule has 1 aliphatic carbocycles. The van der Waals surface area contributed by atoms with Crippen molar-refractivity contribution in [2.45, 2.75) is 19.3 Å². The average Bonchev–Trinajstić information content (AvgIpc) is 2.99. The molecule has 0 fully saturated rings. The maximum absolute atomic E-state index is 12.7. The van der Waals surface area contributed by atoms with Gasteiger partial charge in [-0.2, -0.15) is 0 Å². The van der Waals surface area contributed by atoms with Gasteiger partial charge in [0.2, 0.25) is 5.91 Å². The maximum atomic E-state index is 12.7. The molecule has 1 aromatic heterocycles. The Bertz CT molecular complexity index is 898. The number of carbonyl (C=O) groups is 1. The Kier molecular flexibility index (Phi) is 3.73. The van der Waals surface area contributed by atoms with Crippen LogP contribution in [0.4, 0.5) is 5.69 Å². The molecule has 122 valence electrons. The molecule has 4 rings (SSSR count). The van der Waals surface area contributed by atoms with E-state index in [1.54, 1.807) is 7.11 Å². The van der Waals surface area contributed by atoms with Gasteiger partial charge in [0, 0.05) is 34.3 Å². The van der Waals surface area contributed by atoms with E-state index in [0.717, 1.165) is 36.2 Å². The van der Waals surface area contributed by atoms with Crippen molar-refractivity contribution in [2.24, 2.45) is 5.92 Å².